The minimum absolute atomic E-state index is 0.0903. The van der Waals surface area contributed by atoms with E-state index in [1.807, 2.05) is 0 Å². The molecule has 2 fully saturated rings. The maximum absolute atomic E-state index is 10.1. The highest BCUT2D eigenvalue weighted by atomic mass is 35.5. The first-order valence-corrected chi connectivity index (χ1v) is 8.84. The summed E-state index contributed by atoms with van der Waals surface area (Å²) in [5, 5.41) is 24.7. The Hall–Kier alpha value is -0.640. The molecule has 1 radical (unpaired) electrons. The third kappa shape index (κ3) is 5.67. The second kappa shape index (κ2) is 8.83. The summed E-state index contributed by atoms with van der Waals surface area (Å²) in [5.74, 6) is 0.723. The zero-order valence-corrected chi connectivity index (χ0v) is 14.9. The van der Waals surface area contributed by atoms with Crippen LogP contribution in [0.4, 0.5) is 0 Å². The fraction of sp³-hybridized carbons (Fsp3) is 0.562. The van der Waals surface area contributed by atoms with E-state index in [1.54, 1.807) is 35.7 Å². The van der Waals surface area contributed by atoms with E-state index in [1.165, 1.54) is 0 Å². The van der Waals surface area contributed by atoms with Crippen molar-refractivity contribution in [2.75, 3.05) is 26.3 Å². The largest absolute Gasteiger partial charge is 0.486 e. The first-order valence-electron chi connectivity index (χ1n) is 8.02. The Morgan fingerprint density at radius 2 is 2.12 bits per heavy atom. The van der Waals surface area contributed by atoms with Crippen LogP contribution in [0.1, 0.15) is 0 Å². The van der Waals surface area contributed by atoms with Crippen LogP contribution >= 0.6 is 23.2 Å². The lowest BCUT2D eigenvalue weighted by atomic mass is 10.3. The first-order chi connectivity index (χ1) is 12.0. The van der Waals surface area contributed by atoms with Gasteiger partial charge in [0.05, 0.1) is 31.9 Å². The average Bonchev–Trinajstić information content (AvgIpc) is 3.14. The monoisotopic (exact) mass is 391 g/mol. The molecule has 2 heterocycles. The number of nitrogens with one attached hydrogen (secondary N) is 1. The van der Waals surface area contributed by atoms with Gasteiger partial charge in [0.1, 0.15) is 30.2 Å². The third-order valence-electron chi connectivity index (χ3n) is 3.84. The van der Waals surface area contributed by atoms with E-state index in [2.05, 4.69) is 5.32 Å². The Kier molecular flexibility index (Phi) is 6.76. The molecule has 9 heteroatoms. The van der Waals surface area contributed by atoms with E-state index in [-0.39, 0.29) is 12.7 Å². The van der Waals surface area contributed by atoms with Gasteiger partial charge in [-0.3, -0.25) is 10.2 Å². The standard InChI is InChI=1S/C16H21Cl2N2O5/c17-10-1-3-12(4-2-10)25-13-7-20(24-9-13)6-11(21)8-23-15-5-14(22)16(18)19-15/h1-5,11,13-16,19,21-22H,6-9H2/t11-,13-,14+,15?,16?/m1/s1. The predicted molar refractivity (Wildman–Crippen MR) is 92.2 cm³/mol. The number of aliphatic hydroxyl groups excluding tert-OH is 2. The van der Waals surface area contributed by atoms with Crippen molar-refractivity contribution in [3.8, 4) is 5.75 Å². The number of rotatable bonds is 7. The highest BCUT2D eigenvalue weighted by Gasteiger charge is 2.32. The number of β-amino-alcohol motifs (C(OH)–C–C–N with tert-alkyl or cyclic N) is 1. The minimum atomic E-state index is -0.767. The van der Waals surface area contributed by atoms with Gasteiger partial charge in [0.25, 0.3) is 0 Å². The molecule has 0 bridgehead atoms. The van der Waals surface area contributed by atoms with E-state index >= 15 is 0 Å². The van der Waals surface area contributed by atoms with E-state index in [9.17, 15) is 10.2 Å². The summed E-state index contributed by atoms with van der Waals surface area (Å²) >= 11 is 11.7. The summed E-state index contributed by atoms with van der Waals surface area (Å²) in [6.45, 7) is 1.33. The number of hydrogen-bond acceptors (Lipinski definition) is 7. The van der Waals surface area contributed by atoms with Gasteiger partial charge in [-0.25, -0.2) is 0 Å². The summed E-state index contributed by atoms with van der Waals surface area (Å²) in [7, 11) is 0. The summed E-state index contributed by atoms with van der Waals surface area (Å²) < 4.78 is 11.3. The fourth-order valence-corrected chi connectivity index (χ4v) is 2.95. The van der Waals surface area contributed by atoms with Crippen LogP contribution in [-0.2, 0) is 9.57 Å². The van der Waals surface area contributed by atoms with E-state index in [4.69, 9.17) is 37.5 Å². The van der Waals surface area contributed by atoms with Gasteiger partial charge in [-0.15, -0.1) is 11.6 Å². The third-order valence-corrected chi connectivity index (χ3v) is 4.48. The molecule has 2 aliphatic rings. The number of aliphatic hydroxyl groups is 2. The van der Waals surface area contributed by atoms with Crippen molar-refractivity contribution in [3.63, 3.8) is 0 Å². The van der Waals surface area contributed by atoms with Crippen molar-refractivity contribution in [3.05, 3.63) is 35.7 Å². The van der Waals surface area contributed by atoms with Gasteiger partial charge in [0, 0.05) is 11.4 Å². The van der Waals surface area contributed by atoms with Gasteiger partial charge in [0.15, 0.2) is 0 Å². The molecule has 0 amide bonds. The predicted octanol–water partition coefficient (Wildman–Crippen LogP) is 0.771. The minimum Gasteiger partial charge on any atom is -0.486 e. The fourth-order valence-electron chi connectivity index (χ4n) is 2.62. The van der Waals surface area contributed by atoms with Crippen LogP contribution in [0, 0.1) is 6.42 Å². The topological polar surface area (TPSA) is 83.4 Å². The number of ether oxygens (including phenoxy) is 2. The maximum Gasteiger partial charge on any atom is 0.139 e. The van der Waals surface area contributed by atoms with Crippen LogP contribution in [0.3, 0.4) is 0 Å². The van der Waals surface area contributed by atoms with Gasteiger partial charge >= 0.3 is 0 Å². The number of benzene rings is 1. The number of nitrogens with zero attached hydrogens (tertiary/aromatic N) is 1. The number of alkyl halides is 1. The molecule has 3 N–H and O–H groups in total. The van der Waals surface area contributed by atoms with Crippen molar-refractivity contribution in [1.82, 2.24) is 10.4 Å². The lowest BCUT2D eigenvalue weighted by Gasteiger charge is -2.20. The molecule has 3 rings (SSSR count). The van der Waals surface area contributed by atoms with Crippen LogP contribution in [0.15, 0.2) is 24.3 Å². The molecule has 139 valence electrons. The van der Waals surface area contributed by atoms with Gasteiger partial charge in [-0.2, -0.15) is 5.06 Å². The van der Waals surface area contributed by atoms with Crippen molar-refractivity contribution >= 4 is 23.2 Å². The normalized spacial score (nSPS) is 31.4. The Morgan fingerprint density at radius 3 is 2.80 bits per heavy atom. The highest BCUT2D eigenvalue weighted by Crippen LogP contribution is 2.20. The summed E-state index contributed by atoms with van der Waals surface area (Å²) in [4.78, 5) is 5.52. The van der Waals surface area contributed by atoms with Crippen LogP contribution in [-0.4, -0.2) is 71.6 Å². The van der Waals surface area contributed by atoms with Gasteiger partial charge < -0.3 is 19.7 Å². The van der Waals surface area contributed by atoms with Crippen LogP contribution in [0.5, 0.6) is 5.75 Å². The Bertz CT molecular complexity index is 540. The Balaban J connectivity index is 1.35. The van der Waals surface area contributed by atoms with Crippen LogP contribution in [0.2, 0.25) is 5.02 Å². The van der Waals surface area contributed by atoms with Gasteiger partial charge in [0.2, 0.25) is 0 Å². The molecule has 2 saturated heterocycles. The van der Waals surface area contributed by atoms with E-state index in [0.717, 1.165) is 5.75 Å². The molecule has 7 nitrogen and oxygen atoms in total. The highest BCUT2D eigenvalue weighted by molar-refractivity contribution is 6.30. The molecule has 25 heavy (non-hydrogen) atoms. The smallest absolute Gasteiger partial charge is 0.139 e. The maximum atomic E-state index is 10.1. The SMILES string of the molecule is O[C@@H](COC1[CH][C@H](O)C(Cl)N1)CN1C[C@@H](Oc2ccc(Cl)cc2)CO1. The van der Waals surface area contributed by atoms with Crippen LogP contribution < -0.4 is 10.1 Å². The second-order valence-corrected chi connectivity index (χ2v) is 6.90. The Morgan fingerprint density at radius 1 is 1.36 bits per heavy atom. The molecule has 2 unspecified atom stereocenters. The summed E-state index contributed by atoms with van der Waals surface area (Å²) in [6, 6.07) is 7.14. The van der Waals surface area contributed by atoms with Crippen LogP contribution in [0.25, 0.3) is 0 Å². The number of halogens is 2. The quantitative estimate of drug-likeness (QED) is 0.467. The molecular formula is C16H21Cl2N2O5. The molecule has 1 aromatic rings. The molecule has 0 saturated carbocycles. The molecule has 2 aliphatic heterocycles. The van der Waals surface area contributed by atoms with Crippen molar-refractivity contribution in [2.45, 2.75) is 30.0 Å². The first kappa shape index (κ1) is 19.1. The summed E-state index contributed by atoms with van der Waals surface area (Å²) in [5.41, 5.74) is -0.574. The second-order valence-electron chi connectivity index (χ2n) is 6.00. The zero-order valence-electron chi connectivity index (χ0n) is 13.4. The molecule has 5 atom stereocenters. The zero-order chi connectivity index (χ0) is 17.8. The van der Waals surface area contributed by atoms with Gasteiger partial charge in [-0.1, -0.05) is 11.6 Å². The van der Waals surface area contributed by atoms with Crippen molar-refractivity contribution in [1.29, 1.82) is 0 Å². The lowest BCUT2D eigenvalue weighted by molar-refractivity contribution is -0.137. The molecule has 0 spiro atoms. The van der Waals surface area contributed by atoms with Crippen molar-refractivity contribution in [2.24, 2.45) is 0 Å². The van der Waals surface area contributed by atoms with Crippen molar-refractivity contribution < 1.29 is 24.5 Å². The average molecular weight is 392 g/mol. The van der Waals surface area contributed by atoms with Gasteiger partial charge in [-0.05, 0) is 24.3 Å². The Labute approximate surface area is 156 Å². The van der Waals surface area contributed by atoms with E-state index in [0.29, 0.717) is 24.7 Å². The molecule has 0 aromatic heterocycles. The van der Waals surface area contributed by atoms with E-state index < -0.39 is 23.9 Å². The molecule has 1 aromatic carbocycles. The molecule has 0 aliphatic carbocycles. The number of hydroxylamine groups is 2. The molecular weight excluding hydrogens is 371 g/mol. The lowest BCUT2D eigenvalue weighted by Crippen LogP contribution is -2.37. The number of hydrogen-bond donors (Lipinski definition) is 3. The summed E-state index contributed by atoms with van der Waals surface area (Å²) in [6.07, 6.45) is -0.557.